The first-order valence-corrected chi connectivity index (χ1v) is 11.4. The number of pyridine rings is 1. The Labute approximate surface area is 187 Å². The highest BCUT2D eigenvalue weighted by atomic mass is 16.1. The highest BCUT2D eigenvalue weighted by molar-refractivity contribution is 5.98. The molecule has 6 N–H and O–H groups in total. The van der Waals surface area contributed by atoms with E-state index in [2.05, 4.69) is 32.7 Å². The van der Waals surface area contributed by atoms with E-state index in [0.717, 1.165) is 60.3 Å². The minimum Gasteiger partial charge on any atom is -0.365 e. The summed E-state index contributed by atoms with van der Waals surface area (Å²) < 4.78 is 0. The van der Waals surface area contributed by atoms with Gasteiger partial charge in [-0.05, 0) is 62.3 Å². The number of carbonyl (C=O) groups excluding carboxylic acids is 1. The van der Waals surface area contributed by atoms with Crippen LogP contribution in [0, 0.1) is 5.92 Å². The van der Waals surface area contributed by atoms with Gasteiger partial charge in [0.1, 0.15) is 11.4 Å². The fraction of sp³-hybridized carbons (Fsp3) is 0.417. The van der Waals surface area contributed by atoms with Crippen molar-refractivity contribution in [2.24, 2.45) is 17.4 Å². The van der Waals surface area contributed by atoms with Crippen LogP contribution >= 0.6 is 0 Å². The van der Waals surface area contributed by atoms with E-state index >= 15 is 0 Å². The molecule has 0 bridgehead atoms. The second kappa shape index (κ2) is 8.70. The number of primary amides is 1. The molecule has 2 aromatic heterocycles. The van der Waals surface area contributed by atoms with Crippen LogP contribution in [0.2, 0.25) is 0 Å². The molecule has 2 aliphatic rings. The second-order valence-electron chi connectivity index (χ2n) is 9.00. The molecule has 0 saturated heterocycles. The topological polar surface area (TPSA) is 132 Å². The molecule has 2 aliphatic carbocycles. The zero-order valence-corrected chi connectivity index (χ0v) is 18.1. The third-order valence-electron chi connectivity index (χ3n) is 6.39. The first kappa shape index (κ1) is 20.6. The number of hydrogen-bond donors (Lipinski definition) is 4. The zero-order chi connectivity index (χ0) is 22.1. The maximum atomic E-state index is 12.0. The number of aromatic nitrogens is 3. The number of nitrogens with two attached hydrogens (primary N) is 2. The molecule has 1 aromatic carbocycles. The van der Waals surface area contributed by atoms with Crippen LogP contribution in [0.3, 0.4) is 0 Å². The fourth-order valence-electron chi connectivity index (χ4n) is 4.35. The fourth-order valence-corrected chi connectivity index (χ4v) is 4.35. The molecule has 8 nitrogen and oxygen atoms in total. The van der Waals surface area contributed by atoms with Gasteiger partial charge in [0.05, 0.1) is 5.52 Å². The van der Waals surface area contributed by atoms with Crippen molar-refractivity contribution < 1.29 is 4.79 Å². The van der Waals surface area contributed by atoms with Crippen LogP contribution < -0.4 is 22.1 Å². The van der Waals surface area contributed by atoms with Gasteiger partial charge >= 0.3 is 0 Å². The van der Waals surface area contributed by atoms with Crippen LogP contribution in [0.1, 0.15) is 54.6 Å². The Morgan fingerprint density at radius 3 is 2.69 bits per heavy atom. The molecule has 2 fully saturated rings. The predicted molar refractivity (Wildman–Crippen MR) is 126 cm³/mol. The van der Waals surface area contributed by atoms with Crippen molar-refractivity contribution in [3.63, 3.8) is 0 Å². The van der Waals surface area contributed by atoms with Crippen LogP contribution in [0.5, 0.6) is 0 Å². The quantitative estimate of drug-likeness (QED) is 0.450. The molecule has 0 spiro atoms. The second-order valence-corrected chi connectivity index (χ2v) is 9.00. The number of nitrogens with one attached hydrogen (secondary N) is 2. The molecule has 2 atom stereocenters. The smallest absolute Gasteiger partial charge is 0.254 e. The van der Waals surface area contributed by atoms with Gasteiger partial charge in [0.15, 0.2) is 0 Å². The number of anilines is 3. The van der Waals surface area contributed by atoms with Gasteiger partial charge in [-0.1, -0.05) is 18.9 Å². The summed E-state index contributed by atoms with van der Waals surface area (Å²) in [5.41, 5.74) is 15.0. The Kier molecular flexibility index (Phi) is 5.61. The lowest BCUT2D eigenvalue weighted by atomic mass is 9.91. The van der Waals surface area contributed by atoms with Crippen LogP contribution in [-0.2, 0) is 6.42 Å². The zero-order valence-electron chi connectivity index (χ0n) is 18.1. The van der Waals surface area contributed by atoms with Crippen molar-refractivity contribution in [1.29, 1.82) is 0 Å². The SMILES string of the molecule is NC(=O)c1cnc(N[C@@H]2CCCC[C@@H]2N)nc1Nc1ccc2nc(CC3CC3)ccc2c1. The number of rotatable bonds is 7. The van der Waals surface area contributed by atoms with Gasteiger partial charge in [0.25, 0.3) is 5.91 Å². The Morgan fingerprint density at radius 1 is 1.06 bits per heavy atom. The van der Waals surface area contributed by atoms with Crippen molar-refractivity contribution in [2.75, 3.05) is 10.6 Å². The van der Waals surface area contributed by atoms with E-state index in [1.54, 1.807) is 0 Å². The first-order chi connectivity index (χ1) is 15.5. The normalized spacial score (nSPS) is 20.8. The molecule has 1 amide bonds. The summed E-state index contributed by atoms with van der Waals surface area (Å²) in [4.78, 5) is 25.6. The minimum atomic E-state index is -0.583. The van der Waals surface area contributed by atoms with Gasteiger partial charge in [-0.2, -0.15) is 4.98 Å². The largest absolute Gasteiger partial charge is 0.365 e. The Bertz CT molecular complexity index is 1140. The molecule has 0 unspecified atom stereocenters. The minimum absolute atomic E-state index is 0.0670. The molecular formula is C24H29N7O. The van der Waals surface area contributed by atoms with Crippen LogP contribution in [0.25, 0.3) is 10.9 Å². The van der Waals surface area contributed by atoms with Crippen molar-refractivity contribution in [2.45, 2.75) is 57.0 Å². The van der Waals surface area contributed by atoms with E-state index in [-0.39, 0.29) is 17.6 Å². The lowest BCUT2D eigenvalue weighted by molar-refractivity contribution is 0.100. The van der Waals surface area contributed by atoms with E-state index in [0.29, 0.717) is 11.8 Å². The van der Waals surface area contributed by atoms with Crippen molar-refractivity contribution in [1.82, 2.24) is 15.0 Å². The molecule has 2 saturated carbocycles. The van der Waals surface area contributed by atoms with E-state index in [4.69, 9.17) is 16.5 Å². The molecule has 5 rings (SSSR count). The molecular weight excluding hydrogens is 402 g/mol. The van der Waals surface area contributed by atoms with E-state index in [1.165, 1.54) is 19.0 Å². The standard InChI is InChI=1S/C24H29N7O/c25-19-3-1-2-4-21(19)30-24-27-13-18(22(26)32)23(31-24)29-17-9-10-20-15(12-17)7-8-16(28-20)11-14-5-6-14/h7-10,12-14,19,21H,1-6,11,25H2,(H2,26,32)(H2,27,29,30,31)/t19-,21+/m0/s1. The molecule has 32 heavy (non-hydrogen) atoms. The Hall–Kier alpha value is -3.26. The van der Waals surface area contributed by atoms with Crippen molar-refractivity contribution in [3.05, 3.63) is 47.8 Å². The number of fused-ring (bicyclic) bond motifs is 1. The summed E-state index contributed by atoms with van der Waals surface area (Å²) in [5.74, 6) is 1.03. The monoisotopic (exact) mass is 431 g/mol. The maximum absolute atomic E-state index is 12.0. The average Bonchev–Trinajstić information content (AvgIpc) is 3.59. The summed E-state index contributed by atoms with van der Waals surface area (Å²) in [6.45, 7) is 0. The summed E-state index contributed by atoms with van der Waals surface area (Å²) in [5, 5.41) is 7.59. The molecule has 3 aromatic rings. The predicted octanol–water partition coefficient (Wildman–Crippen LogP) is 3.50. The lowest BCUT2D eigenvalue weighted by Gasteiger charge is -2.29. The third kappa shape index (κ3) is 4.65. The number of nitrogens with zero attached hydrogens (tertiary/aromatic N) is 3. The number of amides is 1. The van der Waals surface area contributed by atoms with Gasteiger partial charge in [-0.25, -0.2) is 4.98 Å². The van der Waals surface area contributed by atoms with Crippen molar-refractivity contribution >= 4 is 34.3 Å². The number of benzene rings is 1. The lowest BCUT2D eigenvalue weighted by Crippen LogP contribution is -2.43. The highest BCUT2D eigenvalue weighted by Gasteiger charge is 2.23. The molecule has 0 aliphatic heterocycles. The van der Waals surface area contributed by atoms with Crippen molar-refractivity contribution in [3.8, 4) is 0 Å². The van der Waals surface area contributed by atoms with Crippen LogP contribution in [-0.4, -0.2) is 32.9 Å². The number of carbonyl (C=O) groups is 1. The summed E-state index contributed by atoms with van der Waals surface area (Å²) in [7, 11) is 0. The third-order valence-corrected chi connectivity index (χ3v) is 6.39. The molecule has 0 radical (unpaired) electrons. The van der Waals surface area contributed by atoms with Gasteiger partial charge < -0.3 is 22.1 Å². The van der Waals surface area contributed by atoms with Gasteiger partial charge in [0.2, 0.25) is 5.95 Å². The van der Waals surface area contributed by atoms with E-state index in [1.807, 2.05) is 18.2 Å². The molecule has 2 heterocycles. The summed E-state index contributed by atoms with van der Waals surface area (Å²) >= 11 is 0. The maximum Gasteiger partial charge on any atom is 0.254 e. The summed E-state index contributed by atoms with van der Waals surface area (Å²) in [6.07, 6.45) is 9.37. The van der Waals surface area contributed by atoms with Gasteiger partial charge in [-0.15, -0.1) is 0 Å². The average molecular weight is 432 g/mol. The number of hydrogen-bond acceptors (Lipinski definition) is 7. The molecule has 166 valence electrons. The van der Waals surface area contributed by atoms with Crippen LogP contribution in [0.4, 0.5) is 17.5 Å². The highest BCUT2D eigenvalue weighted by Crippen LogP contribution is 2.32. The molecule has 8 heteroatoms. The van der Waals surface area contributed by atoms with Gasteiger partial charge in [-0.3, -0.25) is 9.78 Å². The first-order valence-electron chi connectivity index (χ1n) is 11.4. The summed E-state index contributed by atoms with van der Waals surface area (Å²) in [6, 6.07) is 10.3. The van der Waals surface area contributed by atoms with E-state index in [9.17, 15) is 4.79 Å². The van der Waals surface area contributed by atoms with E-state index < -0.39 is 5.91 Å². The van der Waals surface area contributed by atoms with Crippen LogP contribution in [0.15, 0.2) is 36.5 Å². The Morgan fingerprint density at radius 2 is 1.91 bits per heavy atom. The Balaban J connectivity index is 1.38. The van der Waals surface area contributed by atoms with Gasteiger partial charge in [0, 0.05) is 35.0 Å².